The molecule has 0 unspecified atom stereocenters. The molecular weight excluding hydrogens is 393 g/mol. The van der Waals surface area contributed by atoms with E-state index >= 15 is 0 Å². The van der Waals surface area contributed by atoms with Crippen LogP contribution in [0, 0.1) is 11.7 Å². The number of urea groups is 1. The second kappa shape index (κ2) is 9.06. The van der Waals surface area contributed by atoms with Crippen LogP contribution in [0.5, 0.6) is 0 Å². The lowest BCUT2D eigenvalue weighted by Crippen LogP contribution is -2.38. The van der Waals surface area contributed by atoms with E-state index in [1.54, 1.807) is 30.1 Å². The summed E-state index contributed by atoms with van der Waals surface area (Å²) in [5, 5.41) is 3.65. The standard InChI is InChI=1S/C18H21ClFN3OS2/c1-2-25-16-10-21-17(26-16)22-18(24)23(11-12-5-3-4-6-12)15-8-7-13(19)9-14(15)20/h7-10,12H,2-6,11H2,1H3,(H,21,22,24). The molecule has 1 saturated carbocycles. The normalized spacial score (nSPS) is 14.6. The largest absolute Gasteiger partial charge is 0.328 e. The lowest BCUT2D eigenvalue weighted by atomic mass is 10.1. The van der Waals surface area contributed by atoms with Crippen molar-refractivity contribution in [2.45, 2.75) is 36.8 Å². The highest BCUT2D eigenvalue weighted by molar-refractivity contribution is 8.01. The number of aromatic nitrogens is 1. The second-order valence-corrected chi connectivity index (χ2v) is 9.24. The summed E-state index contributed by atoms with van der Waals surface area (Å²) in [7, 11) is 0. The number of carbonyl (C=O) groups excluding carboxylic acids is 1. The molecule has 3 rings (SSSR count). The average Bonchev–Trinajstić information content (AvgIpc) is 3.26. The van der Waals surface area contributed by atoms with Gasteiger partial charge in [-0.05, 0) is 42.7 Å². The minimum Gasteiger partial charge on any atom is -0.291 e. The molecule has 0 atom stereocenters. The summed E-state index contributed by atoms with van der Waals surface area (Å²) in [6.45, 7) is 2.56. The number of hydrogen-bond acceptors (Lipinski definition) is 4. The van der Waals surface area contributed by atoms with Crippen LogP contribution in [0.2, 0.25) is 5.02 Å². The van der Waals surface area contributed by atoms with Gasteiger partial charge in [0.05, 0.1) is 16.1 Å². The summed E-state index contributed by atoms with van der Waals surface area (Å²) < 4.78 is 15.5. The molecule has 1 aromatic heterocycles. The molecule has 26 heavy (non-hydrogen) atoms. The Morgan fingerprint density at radius 2 is 2.23 bits per heavy atom. The molecule has 1 aliphatic carbocycles. The fourth-order valence-corrected chi connectivity index (χ4v) is 5.06. The van der Waals surface area contributed by atoms with Crippen LogP contribution in [0.25, 0.3) is 0 Å². The lowest BCUT2D eigenvalue weighted by molar-refractivity contribution is 0.255. The second-order valence-electron chi connectivity index (χ2n) is 6.20. The third kappa shape index (κ3) is 4.90. The number of hydrogen-bond donors (Lipinski definition) is 1. The van der Waals surface area contributed by atoms with Crippen LogP contribution in [-0.2, 0) is 0 Å². The predicted molar refractivity (Wildman–Crippen MR) is 108 cm³/mol. The first kappa shape index (κ1) is 19.5. The van der Waals surface area contributed by atoms with Gasteiger partial charge in [-0.15, -0.1) is 11.8 Å². The number of rotatable bonds is 6. The number of amides is 2. The van der Waals surface area contributed by atoms with Gasteiger partial charge < -0.3 is 0 Å². The van der Waals surface area contributed by atoms with Crippen molar-refractivity contribution < 1.29 is 9.18 Å². The van der Waals surface area contributed by atoms with Crippen LogP contribution < -0.4 is 10.2 Å². The van der Waals surface area contributed by atoms with E-state index in [0.29, 0.717) is 22.6 Å². The number of nitrogens with one attached hydrogen (secondary N) is 1. The molecule has 4 nitrogen and oxygen atoms in total. The maximum Gasteiger partial charge on any atom is 0.328 e. The highest BCUT2D eigenvalue weighted by atomic mass is 35.5. The molecule has 2 aromatic rings. The zero-order chi connectivity index (χ0) is 18.5. The molecule has 1 heterocycles. The van der Waals surface area contributed by atoms with Gasteiger partial charge in [0.1, 0.15) is 5.82 Å². The molecule has 1 aromatic carbocycles. The number of anilines is 2. The maximum atomic E-state index is 14.5. The minimum atomic E-state index is -0.494. The quantitative estimate of drug-likeness (QED) is 0.567. The van der Waals surface area contributed by atoms with Gasteiger partial charge in [0.2, 0.25) is 0 Å². The van der Waals surface area contributed by atoms with Gasteiger partial charge in [0.25, 0.3) is 0 Å². The number of thioether (sulfide) groups is 1. The molecule has 1 N–H and O–H groups in total. The smallest absolute Gasteiger partial charge is 0.291 e. The zero-order valence-corrected chi connectivity index (χ0v) is 16.9. The number of thiazole rings is 1. The van der Waals surface area contributed by atoms with Gasteiger partial charge in [0.15, 0.2) is 5.13 Å². The number of benzene rings is 1. The van der Waals surface area contributed by atoms with Crippen LogP contribution in [0.4, 0.5) is 20.0 Å². The SMILES string of the molecule is CCSc1cnc(NC(=O)N(CC2CCCC2)c2ccc(Cl)cc2F)s1. The molecule has 0 spiro atoms. The first-order valence-corrected chi connectivity index (χ1v) is 10.9. The number of nitrogens with zero attached hydrogens (tertiary/aromatic N) is 2. The van der Waals surface area contributed by atoms with Crippen molar-refractivity contribution in [2.24, 2.45) is 5.92 Å². The van der Waals surface area contributed by atoms with E-state index in [4.69, 9.17) is 11.6 Å². The first-order chi connectivity index (χ1) is 12.6. The van der Waals surface area contributed by atoms with E-state index in [9.17, 15) is 9.18 Å². The summed E-state index contributed by atoms with van der Waals surface area (Å²) in [5.74, 6) is 0.838. The molecule has 8 heteroatoms. The van der Waals surface area contributed by atoms with Crippen LogP contribution in [0.15, 0.2) is 28.6 Å². The monoisotopic (exact) mass is 413 g/mol. The average molecular weight is 414 g/mol. The Hall–Kier alpha value is -1.31. The Morgan fingerprint density at radius 3 is 2.92 bits per heavy atom. The van der Waals surface area contributed by atoms with E-state index in [1.165, 1.54) is 22.3 Å². The topological polar surface area (TPSA) is 45.2 Å². The van der Waals surface area contributed by atoms with Crippen molar-refractivity contribution in [3.63, 3.8) is 0 Å². The lowest BCUT2D eigenvalue weighted by Gasteiger charge is -2.26. The first-order valence-electron chi connectivity index (χ1n) is 8.69. The van der Waals surface area contributed by atoms with Gasteiger partial charge in [0, 0.05) is 11.6 Å². The highest BCUT2D eigenvalue weighted by Gasteiger charge is 2.26. The van der Waals surface area contributed by atoms with Gasteiger partial charge >= 0.3 is 6.03 Å². The predicted octanol–water partition coefficient (Wildman–Crippen LogP) is 6.28. The van der Waals surface area contributed by atoms with Crippen LogP contribution in [0.1, 0.15) is 32.6 Å². The Kier molecular flexibility index (Phi) is 6.78. The van der Waals surface area contributed by atoms with Gasteiger partial charge in [-0.3, -0.25) is 10.2 Å². The number of halogens is 2. The van der Waals surface area contributed by atoms with Crippen molar-refractivity contribution in [2.75, 3.05) is 22.5 Å². The van der Waals surface area contributed by atoms with E-state index < -0.39 is 5.82 Å². The Bertz CT molecular complexity index is 765. The summed E-state index contributed by atoms with van der Waals surface area (Å²) in [6.07, 6.45) is 6.19. The van der Waals surface area contributed by atoms with Crippen LogP contribution >= 0.6 is 34.7 Å². The van der Waals surface area contributed by atoms with E-state index in [-0.39, 0.29) is 11.7 Å². The Labute approximate surface area is 166 Å². The van der Waals surface area contributed by atoms with Crippen molar-refractivity contribution in [3.8, 4) is 0 Å². The van der Waals surface area contributed by atoms with E-state index in [1.807, 2.05) is 0 Å². The fraction of sp³-hybridized carbons (Fsp3) is 0.444. The molecular formula is C18H21ClFN3OS2. The fourth-order valence-electron chi connectivity index (χ4n) is 3.13. The Morgan fingerprint density at radius 1 is 1.46 bits per heavy atom. The van der Waals surface area contributed by atoms with Gasteiger partial charge in [-0.1, -0.05) is 42.7 Å². The molecule has 0 bridgehead atoms. The summed E-state index contributed by atoms with van der Waals surface area (Å²) in [6, 6.07) is 4.05. The highest BCUT2D eigenvalue weighted by Crippen LogP contribution is 2.31. The third-order valence-corrected chi connectivity index (χ3v) is 6.57. The summed E-state index contributed by atoms with van der Waals surface area (Å²) in [5.41, 5.74) is 0.249. The number of carbonyl (C=O) groups is 1. The zero-order valence-electron chi connectivity index (χ0n) is 14.5. The Balaban J connectivity index is 1.79. The molecule has 2 amide bonds. The molecule has 0 radical (unpaired) electrons. The maximum absolute atomic E-state index is 14.5. The van der Waals surface area contributed by atoms with Gasteiger partial charge in [-0.25, -0.2) is 14.2 Å². The molecule has 0 saturated heterocycles. The molecule has 1 aliphatic rings. The van der Waals surface area contributed by atoms with E-state index in [2.05, 4.69) is 17.2 Å². The van der Waals surface area contributed by atoms with Crippen LogP contribution in [0.3, 0.4) is 0 Å². The van der Waals surface area contributed by atoms with E-state index in [0.717, 1.165) is 35.6 Å². The van der Waals surface area contributed by atoms with Crippen LogP contribution in [-0.4, -0.2) is 23.3 Å². The van der Waals surface area contributed by atoms with Crippen molar-refractivity contribution in [1.29, 1.82) is 0 Å². The molecule has 140 valence electrons. The van der Waals surface area contributed by atoms with Crippen molar-refractivity contribution in [3.05, 3.63) is 35.2 Å². The molecule has 1 fully saturated rings. The molecule has 0 aliphatic heterocycles. The van der Waals surface area contributed by atoms with Gasteiger partial charge in [-0.2, -0.15) is 0 Å². The summed E-state index contributed by atoms with van der Waals surface area (Å²) in [4.78, 5) is 18.6. The minimum absolute atomic E-state index is 0.249. The summed E-state index contributed by atoms with van der Waals surface area (Å²) >= 11 is 8.96. The third-order valence-electron chi connectivity index (χ3n) is 4.35. The van der Waals surface area contributed by atoms with Crippen molar-refractivity contribution in [1.82, 2.24) is 4.98 Å². The van der Waals surface area contributed by atoms with Crippen molar-refractivity contribution >= 4 is 51.5 Å².